The van der Waals surface area contributed by atoms with Crippen molar-refractivity contribution in [2.24, 2.45) is 0 Å². The lowest BCUT2D eigenvalue weighted by atomic mass is 10.1. The molecule has 6 nitrogen and oxygen atoms in total. The van der Waals surface area contributed by atoms with Crippen LogP contribution >= 0.6 is 11.8 Å². The van der Waals surface area contributed by atoms with Crippen molar-refractivity contribution >= 4 is 11.8 Å². The number of hydrogen-bond donors (Lipinski definition) is 3. The molecule has 1 aliphatic heterocycles. The number of hydrogen-bond acceptors (Lipinski definition) is 7. The van der Waals surface area contributed by atoms with Crippen LogP contribution in [-0.2, 0) is 0 Å². The number of aromatic nitrogens is 2. The first-order chi connectivity index (χ1) is 10.6. The second-order valence-corrected chi connectivity index (χ2v) is 6.10. The molecule has 0 saturated carbocycles. The van der Waals surface area contributed by atoms with Crippen molar-refractivity contribution in [1.82, 2.24) is 9.97 Å². The minimum absolute atomic E-state index is 0.310. The molecule has 1 fully saturated rings. The molecule has 22 heavy (non-hydrogen) atoms. The summed E-state index contributed by atoms with van der Waals surface area (Å²) in [7, 11) is 0. The number of thioether (sulfide) groups is 1. The van der Waals surface area contributed by atoms with E-state index in [2.05, 4.69) is 9.97 Å². The van der Waals surface area contributed by atoms with Crippen molar-refractivity contribution in [2.45, 2.75) is 23.7 Å². The van der Waals surface area contributed by atoms with Gasteiger partial charge in [0.25, 0.3) is 0 Å². The molecular formula is C15H16N2O4S. The first-order valence-electron chi connectivity index (χ1n) is 6.85. The van der Waals surface area contributed by atoms with Crippen molar-refractivity contribution in [1.29, 1.82) is 0 Å². The van der Waals surface area contributed by atoms with Gasteiger partial charge in [-0.15, -0.1) is 11.8 Å². The Bertz CT molecular complexity index is 628. The van der Waals surface area contributed by atoms with Crippen LogP contribution < -0.4 is 4.74 Å². The molecule has 2 heterocycles. The average Bonchev–Trinajstić information content (AvgIpc) is 2.57. The highest BCUT2D eigenvalue weighted by Gasteiger charge is 2.38. The van der Waals surface area contributed by atoms with Crippen molar-refractivity contribution in [2.75, 3.05) is 5.75 Å². The summed E-state index contributed by atoms with van der Waals surface area (Å²) in [6.45, 7) is 0. The van der Waals surface area contributed by atoms with E-state index in [0.717, 1.165) is 5.56 Å². The molecule has 116 valence electrons. The molecule has 0 amide bonds. The lowest BCUT2D eigenvalue weighted by Gasteiger charge is -2.34. The van der Waals surface area contributed by atoms with E-state index in [1.165, 1.54) is 11.8 Å². The van der Waals surface area contributed by atoms with Crippen LogP contribution in [0.15, 0.2) is 42.7 Å². The molecule has 1 aromatic carbocycles. The Balaban J connectivity index is 1.76. The van der Waals surface area contributed by atoms with Crippen LogP contribution in [-0.4, -0.2) is 54.8 Å². The molecule has 1 aliphatic rings. The Morgan fingerprint density at radius 3 is 2.59 bits per heavy atom. The fourth-order valence-electron chi connectivity index (χ4n) is 2.17. The van der Waals surface area contributed by atoms with Gasteiger partial charge in [0.1, 0.15) is 18.0 Å². The summed E-state index contributed by atoms with van der Waals surface area (Å²) >= 11 is 1.27. The number of rotatable bonds is 3. The van der Waals surface area contributed by atoms with Gasteiger partial charge in [-0.3, -0.25) is 0 Å². The summed E-state index contributed by atoms with van der Waals surface area (Å²) in [4.78, 5) is 8.36. The quantitative estimate of drug-likeness (QED) is 0.765. The van der Waals surface area contributed by atoms with E-state index in [0.29, 0.717) is 17.3 Å². The Morgan fingerprint density at radius 1 is 1.05 bits per heavy atom. The lowest BCUT2D eigenvalue weighted by molar-refractivity contribution is -0.0786. The van der Waals surface area contributed by atoms with Gasteiger partial charge in [-0.25, -0.2) is 9.97 Å². The first-order valence-corrected chi connectivity index (χ1v) is 7.90. The zero-order chi connectivity index (χ0) is 15.5. The van der Waals surface area contributed by atoms with Crippen LogP contribution in [0, 0.1) is 0 Å². The van der Waals surface area contributed by atoms with E-state index < -0.39 is 23.7 Å². The van der Waals surface area contributed by atoms with E-state index in [4.69, 9.17) is 4.74 Å². The molecule has 1 aromatic heterocycles. The van der Waals surface area contributed by atoms with Gasteiger partial charge in [0.2, 0.25) is 0 Å². The first kappa shape index (κ1) is 15.2. The van der Waals surface area contributed by atoms with Gasteiger partial charge in [-0.05, 0) is 18.2 Å². The predicted molar refractivity (Wildman–Crippen MR) is 82.4 cm³/mol. The Hall–Kier alpha value is -1.67. The van der Waals surface area contributed by atoms with Gasteiger partial charge >= 0.3 is 0 Å². The molecule has 0 unspecified atom stereocenters. The van der Waals surface area contributed by atoms with Crippen LogP contribution in [0.2, 0.25) is 0 Å². The van der Waals surface area contributed by atoms with Crippen LogP contribution in [0.3, 0.4) is 0 Å². The summed E-state index contributed by atoms with van der Waals surface area (Å²) in [5.74, 6) is 1.44. The number of benzene rings is 1. The fourth-order valence-corrected chi connectivity index (χ4v) is 3.30. The number of ether oxygens (including phenoxy) is 1. The molecule has 0 aliphatic carbocycles. The number of aliphatic hydroxyl groups excluding tert-OH is 3. The normalized spacial score (nSPS) is 28.3. The van der Waals surface area contributed by atoms with E-state index in [1.807, 2.05) is 12.1 Å². The Kier molecular flexibility index (Phi) is 4.58. The molecule has 2 aromatic rings. The molecule has 7 heteroatoms. The smallest absolute Gasteiger partial charge is 0.173 e. The van der Waals surface area contributed by atoms with Crippen molar-refractivity contribution < 1.29 is 20.1 Å². The summed E-state index contributed by atoms with van der Waals surface area (Å²) in [6.07, 6.45) is 0.0315. The van der Waals surface area contributed by atoms with Gasteiger partial charge in [0, 0.05) is 23.7 Å². The molecule has 0 bridgehead atoms. The minimum Gasteiger partial charge on any atom is -0.477 e. The summed E-state index contributed by atoms with van der Waals surface area (Å²) in [5.41, 5.74) is 0.166. The molecule has 1 saturated heterocycles. The van der Waals surface area contributed by atoms with Gasteiger partial charge in [0.15, 0.2) is 11.3 Å². The topological polar surface area (TPSA) is 95.7 Å². The van der Waals surface area contributed by atoms with Gasteiger partial charge in [-0.2, -0.15) is 0 Å². The third-order valence-electron chi connectivity index (χ3n) is 3.36. The Morgan fingerprint density at radius 2 is 1.82 bits per heavy atom. The van der Waals surface area contributed by atoms with Crippen LogP contribution in [0.1, 0.15) is 0 Å². The highest BCUT2D eigenvalue weighted by Crippen LogP contribution is 2.30. The zero-order valence-corrected chi connectivity index (χ0v) is 12.4. The third-order valence-corrected chi connectivity index (χ3v) is 4.60. The summed E-state index contributed by atoms with van der Waals surface area (Å²) in [6, 6.07) is 8.96. The second-order valence-electron chi connectivity index (χ2n) is 4.97. The van der Waals surface area contributed by atoms with E-state index in [1.54, 1.807) is 30.6 Å². The fraction of sp³-hybridized carbons (Fsp3) is 0.333. The highest BCUT2D eigenvalue weighted by atomic mass is 32.2. The van der Waals surface area contributed by atoms with Crippen LogP contribution in [0.25, 0.3) is 11.4 Å². The van der Waals surface area contributed by atoms with Gasteiger partial charge in [-0.1, -0.05) is 12.1 Å². The standard InChI is InChI=1S/C15H16N2O4S/c18-11-8-22-15(13(20)12(11)19)21-10-4-1-3-9(7-10)14-16-5-2-6-17-14/h1-7,11-13,15,18-20H,8H2/t11-,12+,13-,15-/m1/s1. The Labute approximate surface area is 131 Å². The third kappa shape index (κ3) is 3.22. The summed E-state index contributed by atoms with van der Waals surface area (Å²) < 4.78 is 5.73. The largest absolute Gasteiger partial charge is 0.477 e. The maximum Gasteiger partial charge on any atom is 0.173 e. The number of aliphatic hydroxyl groups is 3. The predicted octanol–water partition coefficient (Wildman–Crippen LogP) is 0.678. The SMILES string of the molecule is O[C@@H]1[C@@H](O)[C@H](Oc2cccc(-c3ncccn3)c2)SC[C@H]1O. The van der Waals surface area contributed by atoms with Gasteiger partial charge < -0.3 is 20.1 Å². The maximum atomic E-state index is 9.98. The van der Waals surface area contributed by atoms with Crippen LogP contribution in [0.5, 0.6) is 5.75 Å². The highest BCUT2D eigenvalue weighted by molar-refractivity contribution is 7.99. The van der Waals surface area contributed by atoms with E-state index in [9.17, 15) is 15.3 Å². The number of nitrogens with zero attached hydrogens (tertiary/aromatic N) is 2. The zero-order valence-electron chi connectivity index (χ0n) is 11.6. The van der Waals surface area contributed by atoms with Gasteiger partial charge in [0.05, 0.1) is 6.10 Å². The molecule has 3 N–H and O–H groups in total. The molecular weight excluding hydrogens is 304 g/mol. The maximum absolute atomic E-state index is 9.98. The molecule has 4 atom stereocenters. The average molecular weight is 320 g/mol. The van der Waals surface area contributed by atoms with Crippen molar-refractivity contribution in [3.8, 4) is 17.1 Å². The van der Waals surface area contributed by atoms with E-state index in [-0.39, 0.29) is 0 Å². The monoisotopic (exact) mass is 320 g/mol. The summed E-state index contributed by atoms with van der Waals surface area (Å²) in [5, 5.41) is 29.2. The molecule has 0 spiro atoms. The second kappa shape index (κ2) is 6.62. The van der Waals surface area contributed by atoms with Crippen LogP contribution in [0.4, 0.5) is 0 Å². The van der Waals surface area contributed by atoms with E-state index >= 15 is 0 Å². The molecule has 3 rings (SSSR count). The van der Waals surface area contributed by atoms with Crippen molar-refractivity contribution in [3.05, 3.63) is 42.7 Å². The lowest BCUT2D eigenvalue weighted by Crippen LogP contribution is -2.50. The minimum atomic E-state index is -1.20. The van der Waals surface area contributed by atoms with Crippen molar-refractivity contribution in [3.63, 3.8) is 0 Å². The molecule has 0 radical (unpaired) electrons.